The second-order valence-electron chi connectivity index (χ2n) is 6.54. The fourth-order valence-corrected chi connectivity index (χ4v) is 3.59. The highest BCUT2D eigenvalue weighted by atomic mass is 32.2. The largest absolute Gasteiger partial charge is 0.494 e. The van der Waals surface area contributed by atoms with Crippen molar-refractivity contribution < 1.29 is 32.4 Å². The smallest absolute Gasteiger partial charge is 0.307 e. The molecule has 0 heterocycles. The quantitative estimate of drug-likeness (QED) is 0.291. The molecule has 0 atom stereocenters. The zero-order chi connectivity index (χ0) is 23.7. The van der Waals surface area contributed by atoms with Crippen molar-refractivity contribution >= 4 is 33.3 Å². The van der Waals surface area contributed by atoms with E-state index in [1.165, 1.54) is 36.4 Å². The Labute approximate surface area is 184 Å². The predicted molar refractivity (Wildman–Crippen MR) is 115 cm³/mol. The topological polar surface area (TPSA) is 154 Å². The van der Waals surface area contributed by atoms with Crippen LogP contribution in [-0.2, 0) is 24.3 Å². The molecule has 0 aromatic heterocycles. The third-order valence-electron chi connectivity index (χ3n) is 4.05. The van der Waals surface area contributed by atoms with Crippen molar-refractivity contribution in [2.24, 2.45) is 0 Å². The fourth-order valence-electron chi connectivity index (χ4n) is 2.56. The molecular formula is C20H23N3O8S. The van der Waals surface area contributed by atoms with Crippen LogP contribution in [0.1, 0.15) is 18.9 Å². The average Bonchev–Trinajstić information content (AvgIpc) is 2.74. The Kier molecular flexibility index (Phi) is 8.67. The Morgan fingerprint density at radius 2 is 1.81 bits per heavy atom. The van der Waals surface area contributed by atoms with Gasteiger partial charge in [0.15, 0.2) is 6.61 Å². The summed E-state index contributed by atoms with van der Waals surface area (Å²) in [6, 6.07) is 10.1. The van der Waals surface area contributed by atoms with Gasteiger partial charge in [-0.15, -0.1) is 0 Å². The summed E-state index contributed by atoms with van der Waals surface area (Å²) in [6.45, 7) is 3.02. The Morgan fingerprint density at radius 1 is 1.12 bits per heavy atom. The van der Waals surface area contributed by atoms with E-state index >= 15 is 0 Å². The standard InChI is InChI=1S/C20H23N3O8S/c1-3-30-15-5-7-16(8-6-15)32(28,29)21-11-10-20(25)31-13-19(24)22-17-9-4-14(2)12-18(17)23(26)27/h4-9,12,21H,3,10-11,13H2,1-2H3,(H,22,24). The number of rotatable bonds is 11. The number of nitro benzene ring substituents is 1. The van der Waals surface area contributed by atoms with E-state index in [2.05, 4.69) is 10.0 Å². The Hall–Kier alpha value is -3.51. The molecular weight excluding hydrogens is 442 g/mol. The number of benzene rings is 2. The Morgan fingerprint density at radius 3 is 2.44 bits per heavy atom. The predicted octanol–water partition coefficient (Wildman–Crippen LogP) is 2.15. The summed E-state index contributed by atoms with van der Waals surface area (Å²) in [7, 11) is -3.83. The highest BCUT2D eigenvalue weighted by Gasteiger charge is 2.18. The van der Waals surface area contributed by atoms with Crippen molar-refractivity contribution in [1.82, 2.24) is 4.72 Å². The number of nitrogens with zero attached hydrogens (tertiary/aromatic N) is 1. The summed E-state index contributed by atoms with van der Waals surface area (Å²) in [5.41, 5.74) is 0.340. The van der Waals surface area contributed by atoms with E-state index in [0.717, 1.165) is 0 Å². The lowest BCUT2D eigenvalue weighted by Crippen LogP contribution is -2.28. The van der Waals surface area contributed by atoms with E-state index in [0.29, 0.717) is 17.9 Å². The molecule has 12 heteroatoms. The maximum atomic E-state index is 12.2. The van der Waals surface area contributed by atoms with Crippen molar-refractivity contribution in [3.05, 3.63) is 58.1 Å². The molecule has 0 aliphatic heterocycles. The fraction of sp³-hybridized carbons (Fsp3) is 0.300. The molecule has 0 fully saturated rings. The number of esters is 1. The highest BCUT2D eigenvalue weighted by Crippen LogP contribution is 2.25. The molecule has 2 aromatic rings. The number of sulfonamides is 1. The SMILES string of the molecule is CCOc1ccc(S(=O)(=O)NCCC(=O)OCC(=O)Nc2ccc(C)cc2[N+](=O)[O-])cc1. The second kappa shape index (κ2) is 11.2. The number of nitro groups is 1. The van der Waals surface area contributed by atoms with Crippen LogP contribution in [-0.4, -0.2) is 45.0 Å². The molecule has 2 rings (SSSR count). The van der Waals surface area contributed by atoms with Crippen LogP contribution < -0.4 is 14.8 Å². The molecule has 0 bridgehead atoms. The van der Waals surface area contributed by atoms with Crippen molar-refractivity contribution in [1.29, 1.82) is 0 Å². The molecule has 0 aliphatic carbocycles. The van der Waals surface area contributed by atoms with Crippen LogP contribution in [0.15, 0.2) is 47.4 Å². The van der Waals surface area contributed by atoms with Gasteiger partial charge in [0.25, 0.3) is 11.6 Å². The maximum Gasteiger partial charge on any atom is 0.307 e. The third kappa shape index (κ3) is 7.32. The van der Waals surface area contributed by atoms with Crippen molar-refractivity contribution in [3.8, 4) is 5.75 Å². The van der Waals surface area contributed by atoms with E-state index in [1.54, 1.807) is 19.9 Å². The van der Waals surface area contributed by atoms with E-state index in [1.807, 2.05) is 0 Å². The molecule has 0 spiro atoms. The van der Waals surface area contributed by atoms with Gasteiger partial charge in [-0.05, 0) is 49.7 Å². The first-order valence-electron chi connectivity index (χ1n) is 9.55. The summed E-state index contributed by atoms with van der Waals surface area (Å²) >= 11 is 0. The minimum Gasteiger partial charge on any atom is -0.494 e. The molecule has 32 heavy (non-hydrogen) atoms. The molecule has 0 aliphatic rings. The Balaban J connectivity index is 1.80. The van der Waals surface area contributed by atoms with Gasteiger partial charge in [-0.25, -0.2) is 13.1 Å². The van der Waals surface area contributed by atoms with Crippen molar-refractivity contribution in [2.75, 3.05) is 25.1 Å². The number of aryl methyl sites for hydroxylation is 1. The normalized spacial score (nSPS) is 10.9. The van der Waals surface area contributed by atoms with Gasteiger partial charge in [0.05, 0.1) is 22.8 Å². The monoisotopic (exact) mass is 465 g/mol. The number of amides is 1. The molecule has 1 amide bonds. The lowest BCUT2D eigenvalue weighted by atomic mass is 10.2. The molecule has 0 radical (unpaired) electrons. The van der Waals surface area contributed by atoms with Gasteiger partial charge < -0.3 is 14.8 Å². The molecule has 11 nitrogen and oxygen atoms in total. The summed E-state index contributed by atoms with van der Waals surface area (Å²) < 4.78 is 36.8. The number of carbonyl (C=O) groups is 2. The van der Waals surface area contributed by atoms with Gasteiger partial charge in [-0.3, -0.25) is 19.7 Å². The van der Waals surface area contributed by atoms with Gasteiger partial charge in [-0.1, -0.05) is 6.07 Å². The lowest BCUT2D eigenvalue weighted by molar-refractivity contribution is -0.384. The number of anilines is 1. The van der Waals surface area contributed by atoms with Gasteiger partial charge >= 0.3 is 5.97 Å². The lowest BCUT2D eigenvalue weighted by Gasteiger charge is -2.09. The van der Waals surface area contributed by atoms with Crippen LogP contribution in [0.5, 0.6) is 5.75 Å². The summed E-state index contributed by atoms with van der Waals surface area (Å²) in [5, 5.41) is 13.4. The van der Waals surface area contributed by atoms with E-state index in [9.17, 15) is 28.1 Å². The number of carbonyl (C=O) groups excluding carboxylic acids is 2. The molecule has 0 saturated carbocycles. The maximum absolute atomic E-state index is 12.2. The molecule has 0 saturated heterocycles. The van der Waals surface area contributed by atoms with Gasteiger partial charge in [0.2, 0.25) is 10.0 Å². The van der Waals surface area contributed by atoms with Crippen LogP contribution in [0.2, 0.25) is 0 Å². The van der Waals surface area contributed by atoms with Crippen molar-refractivity contribution in [3.63, 3.8) is 0 Å². The molecule has 2 aromatic carbocycles. The number of ether oxygens (including phenoxy) is 2. The van der Waals surface area contributed by atoms with Crippen LogP contribution in [0, 0.1) is 17.0 Å². The van der Waals surface area contributed by atoms with E-state index in [-0.39, 0.29) is 29.2 Å². The number of nitrogens with one attached hydrogen (secondary N) is 2. The Bertz CT molecular complexity index is 1080. The van der Waals surface area contributed by atoms with Crippen LogP contribution in [0.3, 0.4) is 0 Å². The minimum absolute atomic E-state index is 0.00777. The van der Waals surface area contributed by atoms with Gasteiger partial charge in [0.1, 0.15) is 11.4 Å². The van der Waals surface area contributed by atoms with E-state index in [4.69, 9.17) is 9.47 Å². The first kappa shape index (κ1) is 24.8. The zero-order valence-electron chi connectivity index (χ0n) is 17.5. The van der Waals surface area contributed by atoms with E-state index < -0.39 is 33.4 Å². The van der Waals surface area contributed by atoms with Gasteiger partial charge in [-0.2, -0.15) is 0 Å². The first-order valence-corrected chi connectivity index (χ1v) is 11.0. The molecule has 0 unspecified atom stereocenters. The van der Waals surface area contributed by atoms with Crippen LogP contribution >= 0.6 is 0 Å². The van der Waals surface area contributed by atoms with Crippen molar-refractivity contribution in [2.45, 2.75) is 25.2 Å². The summed E-state index contributed by atoms with van der Waals surface area (Å²) in [6.07, 6.45) is -0.311. The minimum atomic E-state index is -3.83. The number of hydrogen-bond acceptors (Lipinski definition) is 8. The zero-order valence-corrected chi connectivity index (χ0v) is 18.3. The summed E-state index contributed by atoms with van der Waals surface area (Å²) in [5.74, 6) is -1.04. The average molecular weight is 465 g/mol. The third-order valence-corrected chi connectivity index (χ3v) is 5.53. The van der Waals surface area contributed by atoms with Gasteiger partial charge in [0, 0.05) is 12.6 Å². The number of hydrogen-bond donors (Lipinski definition) is 2. The second-order valence-corrected chi connectivity index (χ2v) is 8.31. The molecule has 2 N–H and O–H groups in total. The highest BCUT2D eigenvalue weighted by molar-refractivity contribution is 7.89. The van der Waals surface area contributed by atoms with Crippen LogP contribution in [0.25, 0.3) is 0 Å². The molecule has 172 valence electrons. The summed E-state index contributed by atoms with van der Waals surface area (Å²) in [4.78, 5) is 34.2. The first-order chi connectivity index (χ1) is 15.1. The van der Waals surface area contributed by atoms with Crippen LogP contribution in [0.4, 0.5) is 11.4 Å².